The van der Waals surface area contributed by atoms with Crippen molar-refractivity contribution >= 4 is 12.3 Å². The van der Waals surface area contributed by atoms with Crippen LogP contribution in [-0.2, 0) is 14.3 Å². The van der Waals surface area contributed by atoms with Crippen molar-refractivity contribution in [2.24, 2.45) is 11.3 Å². The first-order valence-electron chi connectivity index (χ1n) is 4.69. The summed E-state index contributed by atoms with van der Waals surface area (Å²) in [5.74, 6) is 0.257. The van der Waals surface area contributed by atoms with Crippen LogP contribution < -0.4 is 0 Å². The van der Waals surface area contributed by atoms with Gasteiger partial charge in [0.15, 0.2) is 0 Å². The highest BCUT2D eigenvalue weighted by Gasteiger charge is 2.41. The molecule has 1 fully saturated rings. The van der Waals surface area contributed by atoms with Gasteiger partial charge in [-0.15, -0.1) is 0 Å². The Morgan fingerprint density at radius 1 is 1.46 bits per heavy atom. The van der Waals surface area contributed by atoms with Gasteiger partial charge in [0.1, 0.15) is 11.7 Å². The van der Waals surface area contributed by atoms with E-state index in [1.54, 1.807) is 0 Å². The van der Waals surface area contributed by atoms with Crippen LogP contribution in [0.25, 0.3) is 0 Å². The molecule has 3 nitrogen and oxygen atoms in total. The van der Waals surface area contributed by atoms with Crippen LogP contribution in [0.5, 0.6) is 0 Å². The third-order valence-corrected chi connectivity index (χ3v) is 2.98. The van der Waals surface area contributed by atoms with Gasteiger partial charge in [0, 0.05) is 0 Å². The molecule has 0 spiro atoms. The van der Waals surface area contributed by atoms with E-state index >= 15 is 0 Å². The minimum absolute atomic E-state index is 0.366. The van der Waals surface area contributed by atoms with Gasteiger partial charge in [0.2, 0.25) is 0 Å². The van der Waals surface area contributed by atoms with Gasteiger partial charge in [0.25, 0.3) is 0 Å². The fraction of sp³-hybridized carbons (Fsp3) is 0.800. The normalized spacial score (nSPS) is 33.8. The minimum Gasteiger partial charge on any atom is -0.468 e. The van der Waals surface area contributed by atoms with E-state index in [9.17, 15) is 9.59 Å². The number of carbonyl (C=O) groups excluding carboxylic acids is 2. The van der Waals surface area contributed by atoms with Crippen molar-refractivity contribution in [3.63, 3.8) is 0 Å². The van der Waals surface area contributed by atoms with Crippen molar-refractivity contribution in [3.05, 3.63) is 0 Å². The number of carbonyl (C=O) groups is 2. The second-order valence-corrected chi connectivity index (χ2v) is 3.95. The zero-order valence-electron chi connectivity index (χ0n) is 8.21. The molecule has 1 aliphatic rings. The summed E-state index contributed by atoms with van der Waals surface area (Å²) in [7, 11) is 1.34. The average Bonchev–Trinajstić information content (AvgIpc) is 2.18. The molecule has 0 N–H and O–H groups in total. The lowest BCUT2D eigenvalue weighted by Gasteiger charge is -2.31. The molecule has 1 saturated carbocycles. The lowest BCUT2D eigenvalue weighted by molar-refractivity contribution is -0.157. The van der Waals surface area contributed by atoms with Gasteiger partial charge < -0.3 is 9.53 Å². The summed E-state index contributed by atoms with van der Waals surface area (Å²) >= 11 is 0. The van der Waals surface area contributed by atoms with Crippen LogP contribution in [0.15, 0.2) is 0 Å². The van der Waals surface area contributed by atoms with Crippen molar-refractivity contribution in [2.75, 3.05) is 7.11 Å². The Balaban J connectivity index is 2.71. The molecule has 0 bridgehead atoms. The van der Waals surface area contributed by atoms with Crippen molar-refractivity contribution < 1.29 is 14.3 Å². The van der Waals surface area contributed by atoms with Gasteiger partial charge >= 0.3 is 5.97 Å². The van der Waals surface area contributed by atoms with Gasteiger partial charge in [-0.1, -0.05) is 6.92 Å². The van der Waals surface area contributed by atoms with E-state index in [0.29, 0.717) is 18.8 Å². The van der Waals surface area contributed by atoms with Crippen LogP contribution >= 0.6 is 0 Å². The molecule has 0 radical (unpaired) electrons. The van der Waals surface area contributed by atoms with Crippen molar-refractivity contribution in [1.82, 2.24) is 0 Å². The number of aldehydes is 1. The van der Waals surface area contributed by atoms with Crippen molar-refractivity contribution in [1.29, 1.82) is 0 Å². The van der Waals surface area contributed by atoms with E-state index in [0.717, 1.165) is 19.1 Å². The summed E-state index contributed by atoms with van der Waals surface area (Å²) in [6.45, 7) is 2.14. The van der Waals surface area contributed by atoms with E-state index in [1.807, 2.05) is 0 Å². The lowest BCUT2D eigenvalue weighted by atomic mass is 9.72. The summed E-state index contributed by atoms with van der Waals surface area (Å²) in [5, 5.41) is 0. The molecule has 0 unspecified atom stereocenters. The van der Waals surface area contributed by atoms with Crippen LogP contribution in [0, 0.1) is 11.3 Å². The van der Waals surface area contributed by atoms with Gasteiger partial charge in [-0.2, -0.15) is 0 Å². The van der Waals surface area contributed by atoms with Crippen molar-refractivity contribution in [3.8, 4) is 0 Å². The molecule has 1 aliphatic carbocycles. The molecule has 0 heterocycles. The highest BCUT2D eigenvalue weighted by Crippen LogP contribution is 2.38. The van der Waals surface area contributed by atoms with Crippen molar-refractivity contribution in [2.45, 2.75) is 32.6 Å². The molecule has 0 aromatic heterocycles. The second kappa shape index (κ2) is 3.90. The molecule has 0 aromatic rings. The third-order valence-electron chi connectivity index (χ3n) is 2.98. The summed E-state index contributed by atoms with van der Waals surface area (Å²) < 4.78 is 4.65. The summed E-state index contributed by atoms with van der Waals surface area (Å²) in [6.07, 6.45) is 3.93. The Morgan fingerprint density at radius 3 is 2.38 bits per heavy atom. The maximum atomic E-state index is 11.4. The Morgan fingerprint density at radius 2 is 2.00 bits per heavy atom. The largest absolute Gasteiger partial charge is 0.468 e. The smallest absolute Gasteiger partial charge is 0.319 e. The fourth-order valence-corrected chi connectivity index (χ4v) is 1.85. The molecule has 3 heteroatoms. The zero-order valence-corrected chi connectivity index (χ0v) is 8.21. The number of ether oxygens (including phenoxy) is 1. The Bertz CT molecular complexity index is 202. The monoisotopic (exact) mass is 184 g/mol. The Hall–Kier alpha value is -0.860. The molecule has 1 rings (SSSR count). The third kappa shape index (κ3) is 1.90. The van der Waals surface area contributed by atoms with Crippen LogP contribution in [0.2, 0.25) is 0 Å². The molecule has 13 heavy (non-hydrogen) atoms. The molecule has 0 saturated heterocycles. The predicted octanol–water partition coefficient (Wildman–Crippen LogP) is 1.55. The molecule has 0 aliphatic heterocycles. The number of hydrogen-bond donors (Lipinski definition) is 0. The standard InChI is InChI=1S/C10H16O3/c1-8-3-5-10(7-11,6-4-8)9(12)13-2/h7-8H,3-6H2,1-2H3/t8-,10+. The minimum atomic E-state index is -0.832. The number of methoxy groups -OCH3 is 1. The summed E-state index contributed by atoms with van der Waals surface area (Å²) in [5.41, 5.74) is -0.832. The Kier molecular flexibility index (Phi) is 3.07. The molecule has 0 amide bonds. The van der Waals surface area contributed by atoms with E-state index in [1.165, 1.54) is 7.11 Å². The molecule has 0 atom stereocenters. The van der Waals surface area contributed by atoms with E-state index in [2.05, 4.69) is 11.7 Å². The van der Waals surface area contributed by atoms with Crippen LogP contribution in [0.4, 0.5) is 0 Å². The van der Waals surface area contributed by atoms with E-state index in [-0.39, 0.29) is 5.97 Å². The van der Waals surface area contributed by atoms with E-state index in [4.69, 9.17) is 0 Å². The maximum Gasteiger partial charge on any atom is 0.319 e. The highest BCUT2D eigenvalue weighted by molar-refractivity contribution is 5.93. The topological polar surface area (TPSA) is 43.4 Å². The van der Waals surface area contributed by atoms with Crippen LogP contribution in [0.1, 0.15) is 32.6 Å². The fourth-order valence-electron chi connectivity index (χ4n) is 1.85. The number of rotatable bonds is 2. The highest BCUT2D eigenvalue weighted by atomic mass is 16.5. The predicted molar refractivity (Wildman–Crippen MR) is 48.1 cm³/mol. The molecular formula is C10H16O3. The van der Waals surface area contributed by atoms with Gasteiger partial charge in [-0.25, -0.2) is 0 Å². The van der Waals surface area contributed by atoms with Gasteiger partial charge in [-0.05, 0) is 31.6 Å². The number of hydrogen-bond acceptors (Lipinski definition) is 3. The van der Waals surface area contributed by atoms with E-state index < -0.39 is 5.41 Å². The average molecular weight is 184 g/mol. The zero-order chi connectivity index (χ0) is 9.90. The number of esters is 1. The molecule has 0 aromatic carbocycles. The molecule has 74 valence electrons. The summed E-state index contributed by atoms with van der Waals surface area (Å²) in [4.78, 5) is 22.3. The van der Waals surface area contributed by atoms with Crippen LogP contribution in [0.3, 0.4) is 0 Å². The first-order chi connectivity index (χ1) is 6.14. The SMILES string of the molecule is COC(=O)[C@]1(C=O)CC[C@H](C)CC1. The van der Waals surface area contributed by atoms with Crippen LogP contribution in [-0.4, -0.2) is 19.4 Å². The Labute approximate surface area is 78.5 Å². The maximum absolute atomic E-state index is 11.4. The summed E-state index contributed by atoms with van der Waals surface area (Å²) in [6, 6.07) is 0. The lowest BCUT2D eigenvalue weighted by Crippen LogP contribution is -2.37. The first kappa shape index (κ1) is 10.2. The first-order valence-corrected chi connectivity index (χ1v) is 4.69. The molecular weight excluding hydrogens is 168 g/mol. The second-order valence-electron chi connectivity index (χ2n) is 3.95. The quantitative estimate of drug-likeness (QED) is 0.371. The van der Waals surface area contributed by atoms with Gasteiger partial charge in [-0.3, -0.25) is 4.79 Å². The van der Waals surface area contributed by atoms with Gasteiger partial charge in [0.05, 0.1) is 7.11 Å².